The summed E-state index contributed by atoms with van der Waals surface area (Å²) in [5, 5.41) is 2.75. The molecule has 128 valence electrons. The smallest absolute Gasteiger partial charge is 0.408 e. The Hall–Kier alpha value is -2.04. The van der Waals surface area contributed by atoms with E-state index in [9.17, 15) is 9.59 Å². The van der Waals surface area contributed by atoms with E-state index in [-0.39, 0.29) is 18.5 Å². The molecule has 0 aliphatic rings. The summed E-state index contributed by atoms with van der Waals surface area (Å²) in [5.74, 6) is -0.360. The summed E-state index contributed by atoms with van der Waals surface area (Å²) >= 11 is 0. The number of hydrogen-bond donors (Lipinski definition) is 1. The van der Waals surface area contributed by atoms with Crippen molar-refractivity contribution in [1.82, 2.24) is 5.32 Å². The molecule has 1 rings (SSSR count). The molecule has 0 aliphatic heterocycles. The van der Waals surface area contributed by atoms with Gasteiger partial charge in [-0.05, 0) is 47.1 Å². The van der Waals surface area contributed by atoms with E-state index in [0.717, 1.165) is 11.1 Å². The molecule has 1 aromatic carbocycles. The van der Waals surface area contributed by atoms with Crippen LogP contribution in [0.1, 0.15) is 58.2 Å². The lowest BCUT2D eigenvalue weighted by molar-refractivity contribution is -0.147. The SMILES string of the molecule is Cc1ccc(C(CC(=O)OC(C)C)NC(=O)OC(C)(C)C)cc1. The molecule has 0 aliphatic carbocycles. The predicted octanol–water partition coefficient (Wildman–Crippen LogP) is 3.90. The fourth-order valence-electron chi connectivity index (χ4n) is 1.98. The molecule has 0 heterocycles. The third-order valence-electron chi connectivity index (χ3n) is 2.91. The summed E-state index contributed by atoms with van der Waals surface area (Å²) in [5.41, 5.74) is 1.34. The van der Waals surface area contributed by atoms with Gasteiger partial charge in [0.15, 0.2) is 0 Å². The summed E-state index contributed by atoms with van der Waals surface area (Å²) in [7, 11) is 0. The fourth-order valence-corrected chi connectivity index (χ4v) is 1.98. The Morgan fingerprint density at radius 2 is 1.70 bits per heavy atom. The minimum atomic E-state index is -0.597. The molecule has 1 atom stereocenters. The van der Waals surface area contributed by atoms with Crippen molar-refractivity contribution in [2.24, 2.45) is 0 Å². The second kappa shape index (κ2) is 7.99. The third kappa shape index (κ3) is 7.68. The van der Waals surface area contributed by atoms with E-state index in [1.165, 1.54) is 0 Å². The second-order valence-corrected chi connectivity index (χ2v) is 6.85. The Kier molecular flexibility index (Phi) is 6.61. The van der Waals surface area contributed by atoms with Crippen LogP contribution in [0.15, 0.2) is 24.3 Å². The third-order valence-corrected chi connectivity index (χ3v) is 2.91. The first-order valence-electron chi connectivity index (χ1n) is 7.82. The monoisotopic (exact) mass is 321 g/mol. The highest BCUT2D eigenvalue weighted by atomic mass is 16.6. The number of carbonyl (C=O) groups excluding carboxylic acids is 2. The highest BCUT2D eigenvalue weighted by molar-refractivity contribution is 5.73. The number of alkyl carbamates (subject to hydrolysis) is 1. The number of aryl methyl sites for hydroxylation is 1. The Labute approximate surface area is 138 Å². The maximum absolute atomic E-state index is 12.0. The van der Waals surface area contributed by atoms with Gasteiger partial charge in [-0.1, -0.05) is 29.8 Å². The first-order chi connectivity index (χ1) is 10.6. The van der Waals surface area contributed by atoms with Crippen molar-refractivity contribution in [3.63, 3.8) is 0 Å². The van der Waals surface area contributed by atoms with Crippen LogP contribution < -0.4 is 5.32 Å². The molecule has 1 amide bonds. The Morgan fingerprint density at radius 3 is 2.17 bits per heavy atom. The molecular weight excluding hydrogens is 294 g/mol. The van der Waals surface area contributed by atoms with Crippen LogP contribution in [0.25, 0.3) is 0 Å². The van der Waals surface area contributed by atoms with Crippen molar-refractivity contribution in [2.45, 2.75) is 65.7 Å². The van der Waals surface area contributed by atoms with Crippen LogP contribution in [0.2, 0.25) is 0 Å². The zero-order chi connectivity index (χ0) is 17.6. The van der Waals surface area contributed by atoms with E-state index in [0.29, 0.717) is 0 Å². The van der Waals surface area contributed by atoms with Crippen LogP contribution in [0.3, 0.4) is 0 Å². The Balaban J connectivity index is 2.86. The van der Waals surface area contributed by atoms with Crippen molar-refractivity contribution < 1.29 is 19.1 Å². The quantitative estimate of drug-likeness (QED) is 0.835. The molecule has 0 fully saturated rings. The fraction of sp³-hybridized carbons (Fsp3) is 0.556. The van der Waals surface area contributed by atoms with Crippen LogP contribution >= 0.6 is 0 Å². The number of carbonyl (C=O) groups is 2. The number of hydrogen-bond acceptors (Lipinski definition) is 4. The molecule has 1 N–H and O–H groups in total. The minimum Gasteiger partial charge on any atom is -0.463 e. The second-order valence-electron chi connectivity index (χ2n) is 6.85. The maximum atomic E-state index is 12.0. The van der Waals surface area contributed by atoms with Gasteiger partial charge in [0.25, 0.3) is 0 Å². The van der Waals surface area contributed by atoms with Crippen molar-refractivity contribution in [3.05, 3.63) is 35.4 Å². The Bertz CT molecular complexity index is 529. The van der Waals surface area contributed by atoms with E-state index in [4.69, 9.17) is 9.47 Å². The average molecular weight is 321 g/mol. The number of nitrogens with one attached hydrogen (secondary N) is 1. The molecule has 0 saturated heterocycles. The lowest BCUT2D eigenvalue weighted by atomic mass is 10.0. The molecule has 23 heavy (non-hydrogen) atoms. The predicted molar refractivity (Wildman–Crippen MR) is 89.1 cm³/mol. The largest absolute Gasteiger partial charge is 0.463 e. The normalized spacial score (nSPS) is 12.7. The van der Waals surface area contributed by atoms with Gasteiger partial charge in [-0.25, -0.2) is 4.79 Å². The molecule has 1 aromatic rings. The highest BCUT2D eigenvalue weighted by Gasteiger charge is 2.23. The maximum Gasteiger partial charge on any atom is 0.408 e. The minimum absolute atomic E-state index is 0.0560. The topological polar surface area (TPSA) is 64.6 Å². The number of benzene rings is 1. The standard InChI is InChI=1S/C18H27NO4/c1-12(2)22-16(20)11-15(14-9-7-13(3)8-10-14)19-17(21)23-18(4,5)6/h7-10,12,15H,11H2,1-6H3,(H,19,21). The van der Waals surface area contributed by atoms with Gasteiger partial charge in [0.2, 0.25) is 0 Å². The number of esters is 1. The Morgan fingerprint density at radius 1 is 1.13 bits per heavy atom. The molecule has 5 nitrogen and oxygen atoms in total. The van der Waals surface area contributed by atoms with E-state index in [1.54, 1.807) is 34.6 Å². The van der Waals surface area contributed by atoms with Gasteiger partial charge < -0.3 is 14.8 Å². The molecule has 0 saturated carbocycles. The van der Waals surface area contributed by atoms with Gasteiger partial charge in [0.05, 0.1) is 18.6 Å². The number of amides is 1. The van der Waals surface area contributed by atoms with Gasteiger partial charge in [0, 0.05) is 0 Å². The van der Waals surface area contributed by atoms with Gasteiger partial charge in [-0.3, -0.25) is 4.79 Å². The average Bonchev–Trinajstić information content (AvgIpc) is 2.35. The zero-order valence-corrected chi connectivity index (χ0v) is 14.8. The van der Waals surface area contributed by atoms with Crippen LogP contribution in [0.4, 0.5) is 4.79 Å². The van der Waals surface area contributed by atoms with Crippen LogP contribution in [0, 0.1) is 6.92 Å². The molecule has 0 spiro atoms. The van der Waals surface area contributed by atoms with Gasteiger partial charge in [-0.15, -0.1) is 0 Å². The summed E-state index contributed by atoms with van der Waals surface area (Å²) in [6, 6.07) is 7.16. The number of ether oxygens (including phenoxy) is 2. The summed E-state index contributed by atoms with van der Waals surface area (Å²) in [4.78, 5) is 24.0. The first kappa shape index (κ1) is 19.0. The lowest BCUT2D eigenvalue weighted by Gasteiger charge is -2.24. The van der Waals surface area contributed by atoms with Crippen molar-refractivity contribution >= 4 is 12.1 Å². The van der Waals surface area contributed by atoms with Gasteiger partial charge in [-0.2, -0.15) is 0 Å². The van der Waals surface area contributed by atoms with Crippen molar-refractivity contribution in [3.8, 4) is 0 Å². The van der Waals surface area contributed by atoms with Crippen LogP contribution in [0.5, 0.6) is 0 Å². The summed E-state index contributed by atoms with van der Waals surface area (Å²) in [6.45, 7) is 10.9. The van der Waals surface area contributed by atoms with Gasteiger partial charge in [0.1, 0.15) is 5.60 Å². The zero-order valence-electron chi connectivity index (χ0n) is 14.8. The molecular formula is C18H27NO4. The summed E-state index contributed by atoms with van der Waals surface area (Å²) in [6.07, 6.45) is -0.691. The highest BCUT2D eigenvalue weighted by Crippen LogP contribution is 2.20. The van der Waals surface area contributed by atoms with E-state index < -0.39 is 17.7 Å². The lowest BCUT2D eigenvalue weighted by Crippen LogP contribution is -2.36. The van der Waals surface area contributed by atoms with Gasteiger partial charge >= 0.3 is 12.1 Å². The molecule has 5 heteroatoms. The summed E-state index contributed by atoms with van der Waals surface area (Å²) < 4.78 is 10.5. The van der Waals surface area contributed by atoms with Crippen molar-refractivity contribution in [2.75, 3.05) is 0 Å². The van der Waals surface area contributed by atoms with E-state index in [1.807, 2.05) is 31.2 Å². The molecule has 0 radical (unpaired) electrons. The molecule has 1 unspecified atom stereocenters. The van der Waals surface area contributed by atoms with E-state index in [2.05, 4.69) is 5.32 Å². The van der Waals surface area contributed by atoms with Crippen molar-refractivity contribution in [1.29, 1.82) is 0 Å². The number of rotatable bonds is 5. The molecule has 0 aromatic heterocycles. The van der Waals surface area contributed by atoms with Crippen LogP contribution in [-0.2, 0) is 14.3 Å². The van der Waals surface area contributed by atoms with Crippen LogP contribution in [-0.4, -0.2) is 23.8 Å². The first-order valence-corrected chi connectivity index (χ1v) is 7.82. The molecule has 0 bridgehead atoms. The van der Waals surface area contributed by atoms with E-state index >= 15 is 0 Å².